The van der Waals surface area contributed by atoms with E-state index in [4.69, 9.17) is 4.74 Å². The van der Waals surface area contributed by atoms with E-state index in [0.717, 1.165) is 43.4 Å². The van der Waals surface area contributed by atoms with Gasteiger partial charge in [0.25, 0.3) is 0 Å². The molecule has 1 spiro atoms. The molecule has 7 nitrogen and oxygen atoms in total. The summed E-state index contributed by atoms with van der Waals surface area (Å²) in [5.74, 6) is -1.62. The first-order valence-electron chi connectivity index (χ1n) is 11.9. The van der Waals surface area contributed by atoms with Gasteiger partial charge in [-0.25, -0.2) is 0 Å². The standard InChI is InChI=1S/C24H29N3O4S/c28-21(25-13-16-7-4-12-32-16)18-17-10-11-24(31-17)19(18)23(30)27(15-8-9-15)20(24)22(29)26-14-5-2-1-3-6-14/h4,7,10-12,14-15,17-20H,1-3,5-6,8-9,13H2,(H,25,28)(H,26,29)/t17-,18-,19-,20+,24-/m0/s1. The van der Waals surface area contributed by atoms with Gasteiger partial charge in [0.1, 0.15) is 11.6 Å². The highest BCUT2D eigenvalue weighted by atomic mass is 32.1. The van der Waals surface area contributed by atoms with Crippen molar-refractivity contribution in [3.63, 3.8) is 0 Å². The summed E-state index contributed by atoms with van der Waals surface area (Å²) in [5, 5.41) is 8.20. The van der Waals surface area contributed by atoms with Crippen molar-refractivity contribution in [2.24, 2.45) is 11.8 Å². The van der Waals surface area contributed by atoms with Crippen molar-refractivity contribution < 1.29 is 19.1 Å². The summed E-state index contributed by atoms with van der Waals surface area (Å²) in [5.41, 5.74) is -1.03. The molecular formula is C24H29N3O4S. The quantitative estimate of drug-likeness (QED) is 0.644. The van der Waals surface area contributed by atoms with E-state index < -0.39 is 29.6 Å². The largest absolute Gasteiger partial charge is 0.359 e. The smallest absolute Gasteiger partial charge is 0.246 e. The van der Waals surface area contributed by atoms with Crippen molar-refractivity contribution >= 4 is 29.1 Å². The van der Waals surface area contributed by atoms with Crippen LogP contribution < -0.4 is 10.6 Å². The lowest BCUT2D eigenvalue weighted by Crippen LogP contribution is -2.57. The van der Waals surface area contributed by atoms with Crippen molar-refractivity contribution in [3.8, 4) is 0 Å². The molecule has 4 heterocycles. The van der Waals surface area contributed by atoms with E-state index in [-0.39, 0.29) is 29.8 Å². The van der Waals surface area contributed by atoms with Gasteiger partial charge < -0.3 is 20.3 Å². The average molecular weight is 456 g/mol. The van der Waals surface area contributed by atoms with Crippen LogP contribution in [0.5, 0.6) is 0 Å². The SMILES string of the molecule is O=C(NCc1cccs1)[C@H]1[C@@H]2C=C[C@]3(O2)[C@@H]1C(=O)N(C1CC1)[C@@H]3C(=O)NC1CCCCC1. The lowest BCUT2D eigenvalue weighted by Gasteiger charge is -2.34. The molecule has 1 aromatic rings. The minimum atomic E-state index is -1.03. The third-order valence-electron chi connectivity index (χ3n) is 7.77. The highest BCUT2D eigenvalue weighted by Gasteiger charge is 2.74. The van der Waals surface area contributed by atoms with Crippen molar-refractivity contribution in [1.29, 1.82) is 0 Å². The van der Waals surface area contributed by atoms with Gasteiger partial charge in [0.05, 0.1) is 24.5 Å². The number of hydrogen-bond acceptors (Lipinski definition) is 5. The Balaban J connectivity index is 1.26. The molecule has 32 heavy (non-hydrogen) atoms. The Hall–Kier alpha value is -2.19. The van der Waals surface area contributed by atoms with E-state index in [1.165, 1.54) is 6.42 Å². The minimum absolute atomic E-state index is 0.0791. The minimum Gasteiger partial charge on any atom is -0.359 e. The van der Waals surface area contributed by atoms with Crippen molar-refractivity contribution in [2.45, 2.75) is 81.3 Å². The topological polar surface area (TPSA) is 87.7 Å². The van der Waals surface area contributed by atoms with E-state index in [1.54, 1.807) is 16.2 Å². The number of ether oxygens (including phenoxy) is 1. The molecule has 2 saturated heterocycles. The maximum atomic E-state index is 13.7. The monoisotopic (exact) mass is 455 g/mol. The molecule has 2 saturated carbocycles. The van der Waals surface area contributed by atoms with Gasteiger partial charge in [-0.3, -0.25) is 14.4 Å². The highest BCUT2D eigenvalue weighted by molar-refractivity contribution is 7.09. The first-order valence-corrected chi connectivity index (χ1v) is 12.8. The lowest BCUT2D eigenvalue weighted by molar-refractivity contribution is -0.142. The number of amides is 3. The number of thiophene rings is 1. The molecule has 2 N–H and O–H groups in total. The number of carbonyl (C=O) groups is 3. The number of hydrogen-bond donors (Lipinski definition) is 2. The van der Waals surface area contributed by atoms with Crippen molar-refractivity contribution in [2.75, 3.05) is 0 Å². The second kappa shape index (κ2) is 7.70. The van der Waals surface area contributed by atoms with Crippen LogP contribution >= 0.6 is 11.3 Å². The first kappa shape index (κ1) is 20.4. The van der Waals surface area contributed by atoms with Crippen LogP contribution in [0.2, 0.25) is 0 Å². The Kier molecular flexibility index (Phi) is 4.91. The molecule has 3 amide bonds. The fraction of sp³-hybridized carbons (Fsp3) is 0.625. The molecule has 0 aromatic carbocycles. The molecule has 5 aliphatic rings. The summed E-state index contributed by atoms with van der Waals surface area (Å²) in [7, 11) is 0. The van der Waals surface area contributed by atoms with Gasteiger partial charge in [-0.15, -0.1) is 11.3 Å². The Labute approximate surface area is 191 Å². The molecule has 2 aliphatic carbocycles. The molecule has 170 valence electrons. The number of likely N-dealkylation sites (tertiary alicyclic amines) is 1. The van der Waals surface area contributed by atoms with Crippen LogP contribution in [-0.4, -0.2) is 52.5 Å². The molecule has 5 atom stereocenters. The van der Waals surface area contributed by atoms with Gasteiger partial charge >= 0.3 is 0 Å². The van der Waals surface area contributed by atoms with Crippen molar-refractivity contribution in [1.82, 2.24) is 15.5 Å². The molecule has 8 heteroatoms. The molecule has 1 aromatic heterocycles. The molecule has 3 aliphatic heterocycles. The molecule has 0 unspecified atom stereocenters. The van der Waals surface area contributed by atoms with Gasteiger partial charge in [-0.2, -0.15) is 0 Å². The van der Waals surface area contributed by atoms with Gasteiger partial charge in [0.2, 0.25) is 17.7 Å². The Bertz CT molecular complexity index is 952. The third kappa shape index (κ3) is 3.14. The first-order chi connectivity index (χ1) is 15.6. The van der Waals surface area contributed by atoms with Crippen LogP contribution in [-0.2, 0) is 25.7 Å². The zero-order chi connectivity index (χ0) is 21.9. The lowest BCUT2D eigenvalue weighted by atomic mass is 9.74. The normalized spacial score (nSPS) is 35.9. The second-order valence-electron chi connectivity index (χ2n) is 9.82. The zero-order valence-corrected chi connectivity index (χ0v) is 18.8. The van der Waals surface area contributed by atoms with E-state index in [1.807, 2.05) is 29.7 Å². The summed E-state index contributed by atoms with van der Waals surface area (Å²) in [6.45, 7) is 0.440. The molecular weight excluding hydrogens is 426 g/mol. The highest BCUT2D eigenvalue weighted by Crippen LogP contribution is 2.57. The van der Waals surface area contributed by atoms with Crippen LogP contribution in [0.15, 0.2) is 29.7 Å². The number of rotatable bonds is 6. The average Bonchev–Trinajstić information content (AvgIpc) is 3.15. The number of nitrogens with zero attached hydrogens (tertiary/aromatic N) is 1. The number of nitrogens with one attached hydrogen (secondary N) is 2. The summed E-state index contributed by atoms with van der Waals surface area (Å²) >= 11 is 1.59. The summed E-state index contributed by atoms with van der Waals surface area (Å²) in [6.07, 6.45) is 10.6. The number of carbonyl (C=O) groups excluding carboxylic acids is 3. The second-order valence-corrected chi connectivity index (χ2v) is 10.9. The Morgan fingerprint density at radius 2 is 1.97 bits per heavy atom. The van der Waals surface area contributed by atoms with Crippen LogP contribution in [0.1, 0.15) is 49.8 Å². The van der Waals surface area contributed by atoms with Gasteiger partial charge in [-0.05, 0) is 37.1 Å². The third-order valence-corrected chi connectivity index (χ3v) is 8.65. The maximum Gasteiger partial charge on any atom is 0.246 e. The van der Waals surface area contributed by atoms with Crippen LogP contribution in [0.25, 0.3) is 0 Å². The van der Waals surface area contributed by atoms with Crippen LogP contribution in [0.4, 0.5) is 0 Å². The van der Waals surface area contributed by atoms with Gasteiger partial charge in [0.15, 0.2) is 0 Å². The fourth-order valence-electron chi connectivity index (χ4n) is 6.18. The Morgan fingerprint density at radius 1 is 1.16 bits per heavy atom. The summed E-state index contributed by atoms with van der Waals surface area (Å²) in [4.78, 5) is 43.3. The van der Waals surface area contributed by atoms with Crippen LogP contribution in [0, 0.1) is 11.8 Å². The summed E-state index contributed by atoms with van der Waals surface area (Å²) in [6, 6.07) is 3.48. The zero-order valence-electron chi connectivity index (χ0n) is 18.0. The predicted octanol–water partition coefficient (Wildman–Crippen LogP) is 2.13. The fourth-order valence-corrected chi connectivity index (χ4v) is 6.83. The van der Waals surface area contributed by atoms with Crippen LogP contribution in [0.3, 0.4) is 0 Å². The van der Waals surface area contributed by atoms with Crippen molar-refractivity contribution in [3.05, 3.63) is 34.5 Å². The van der Waals surface area contributed by atoms with Gasteiger partial charge in [-0.1, -0.05) is 37.5 Å². The van der Waals surface area contributed by atoms with Gasteiger partial charge in [0, 0.05) is 17.0 Å². The van der Waals surface area contributed by atoms with E-state index in [9.17, 15) is 14.4 Å². The molecule has 0 radical (unpaired) electrons. The summed E-state index contributed by atoms with van der Waals surface area (Å²) < 4.78 is 6.36. The molecule has 6 rings (SSSR count). The molecule has 2 bridgehead atoms. The molecule has 4 fully saturated rings. The van der Waals surface area contributed by atoms with E-state index in [0.29, 0.717) is 6.54 Å². The maximum absolute atomic E-state index is 13.7. The Morgan fingerprint density at radius 3 is 2.69 bits per heavy atom. The predicted molar refractivity (Wildman–Crippen MR) is 119 cm³/mol. The number of fused-ring (bicyclic) bond motifs is 1. The van der Waals surface area contributed by atoms with E-state index in [2.05, 4.69) is 10.6 Å². The van der Waals surface area contributed by atoms with E-state index >= 15 is 0 Å².